The first-order valence-electron chi connectivity index (χ1n) is 15.0. The van der Waals surface area contributed by atoms with Gasteiger partial charge < -0.3 is 14.2 Å². The van der Waals surface area contributed by atoms with E-state index in [0.29, 0.717) is 26.2 Å². The summed E-state index contributed by atoms with van der Waals surface area (Å²) in [4.78, 5) is 38.4. The predicted molar refractivity (Wildman–Crippen MR) is 159 cm³/mol. The van der Waals surface area contributed by atoms with Gasteiger partial charge in [-0.3, -0.25) is 9.59 Å². The fraction of sp³-hybridized carbons (Fsp3) is 0.893. The van der Waals surface area contributed by atoms with Gasteiger partial charge in [-0.1, -0.05) is 9.34 Å². The van der Waals surface area contributed by atoms with Crippen LogP contribution in [0.5, 0.6) is 0 Å². The van der Waals surface area contributed by atoms with Crippen molar-refractivity contribution in [2.24, 2.45) is 0 Å². The summed E-state index contributed by atoms with van der Waals surface area (Å²) in [5.41, 5.74) is -4.21. The molecule has 14 nitrogen and oxygen atoms in total. The Morgan fingerprint density at radius 2 is 1.07 bits per heavy atom. The Morgan fingerprint density at radius 1 is 0.659 bits per heavy atom. The smallest absolute Gasteiger partial charge is 0.466 e. The van der Waals surface area contributed by atoms with Gasteiger partial charge in [-0.2, -0.15) is 27.1 Å². The average Bonchev–Trinajstić information content (AvgIpc) is 3.37. The lowest BCUT2D eigenvalue weighted by atomic mass is 9.79. The number of nitrogens with zero attached hydrogens (tertiary/aromatic N) is 2. The molecule has 0 aromatic rings. The van der Waals surface area contributed by atoms with E-state index < -0.39 is 80.4 Å². The Kier molecular flexibility index (Phi) is 8.58. The number of methoxy groups -OCH3 is 1. The minimum atomic E-state index is -3.24. The van der Waals surface area contributed by atoms with Crippen LogP contribution in [0.15, 0.2) is 0 Å². The maximum absolute atomic E-state index is 13.4. The third-order valence-corrected chi connectivity index (χ3v) is 13.8. The molecule has 0 N–H and O–H groups in total. The normalized spacial score (nSPS) is 35.9. The van der Waals surface area contributed by atoms with Gasteiger partial charge in [-0.25, -0.2) is 4.79 Å². The van der Waals surface area contributed by atoms with Crippen molar-refractivity contribution in [3.05, 3.63) is 0 Å². The molecule has 0 spiro atoms. The number of carbonyl (C=O) groups is 3. The number of fused-ring (bicyclic) bond motifs is 2. The quantitative estimate of drug-likeness (QED) is 0.218. The number of carbonyl (C=O) groups excluding carboxylic acids is 3. The first-order chi connectivity index (χ1) is 20.0. The first kappa shape index (κ1) is 34.3. The van der Waals surface area contributed by atoms with Crippen LogP contribution in [0.4, 0.5) is 0 Å². The zero-order valence-electron chi connectivity index (χ0n) is 27.7. The molecule has 44 heavy (non-hydrogen) atoms. The van der Waals surface area contributed by atoms with Crippen molar-refractivity contribution in [1.82, 2.24) is 9.34 Å². The lowest BCUT2D eigenvalue weighted by molar-refractivity contribution is -0.209. The minimum absolute atomic E-state index is 0.183. The summed E-state index contributed by atoms with van der Waals surface area (Å²) in [6.07, 6.45) is -3.62. The van der Waals surface area contributed by atoms with Gasteiger partial charge in [0.05, 0.1) is 33.3 Å². The van der Waals surface area contributed by atoms with Gasteiger partial charge in [0.2, 0.25) is 5.60 Å². The molecule has 0 radical (unpaired) electrons. The molecular formula is C28H48N2O12P2+2. The van der Waals surface area contributed by atoms with Crippen LogP contribution in [0, 0.1) is 0 Å². The Hall–Kier alpha value is -1.05. The van der Waals surface area contributed by atoms with Crippen LogP contribution in [0.3, 0.4) is 0 Å². The third-order valence-electron chi connectivity index (χ3n) is 7.93. The first-order valence-corrected chi connectivity index (χ1v) is 18.0. The zero-order chi connectivity index (χ0) is 32.7. The standard InChI is InChI=1S/C28H48N2O12P2/c1-18(31)35-20-12-28(23(33)34-11,36-19(2)32)13-21(37-43-29(14-24(3,4)39-43)15-25(5,6)40-43)22(20)38-44-30(16-26(7,8)41-44)17-27(9,10)42-44/h20-22H,12-17H2,1-11H3/q+2/t20-,21?,22?,28-/m0/s1. The molecule has 0 amide bonds. The summed E-state index contributed by atoms with van der Waals surface area (Å²) in [7, 11) is -5.24. The molecule has 2 unspecified atom stereocenters. The van der Waals surface area contributed by atoms with Gasteiger partial charge in [-0.15, -0.1) is 0 Å². The number of esters is 3. The highest BCUT2D eigenvalue weighted by Gasteiger charge is 2.77. The lowest BCUT2D eigenvalue weighted by Crippen LogP contribution is -2.60. The SMILES string of the molecule is COC(=O)[C@@]1(OC(C)=O)CC(O[P+]23OC(C)(C)CN2CC(C)(C)O3)C(O[P+]23OC(C)(C)CN2CC(C)(C)O3)[C@@H](OC(C)=O)C1. The Labute approximate surface area is 260 Å². The highest BCUT2D eigenvalue weighted by Crippen LogP contribution is 2.80. The largest absolute Gasteiger partial charge is 0.506 e. The summed E-state index contributed by atoms with van der Waals surface area (Å²) in [5, 5.41) is 0. The van der Waals surface area contributed by atoms with E-state index >= 15 is 0 Å². The van der Waals surface area contributed by atoms with Crippen LogP contribution in [-0.4, -0.2) is 107 Å². The maximum atomic E-state index is 13.4. The summed E-state index contributed by atoms with van der Waals surface area (Å²) in [6.45, 7) is 20.3. The van der Waals surface area contributed by atoms with Crippen molar-refractivity contribution in [1.29, 1.82) is 0 Å². The molecule has 1 aliphatic carbocycles. The van der Waals surface area contributed by atoms with Crippen LogP contribution < -0.4 is 0 Å². The molecule has 4 aliphatic heterocycles. The topological polar surface area (TPSA) is 141 Å². The van der Waals surface area contributed by atoms with Crippen molar-refractivity contribution in [2.45, 2.75) is 128 Å². The lowest BCUT2D eigenvalue weighted by Gasteiger charge is -2.43. The van der Waals surface area contributed by atoms with Crippen LogP contribution in [-0.2, 0) is 55.7 Å². The molecule has 5 fully saturated rings. The monoisotopic (exact) mass is 666 g/mol. The van der Waals surface area contributed by atoms with E-state index in [1.54, 1.807) is 0 Å². The van der Waals surface area contributed by atoms with Crippen LogP contribution in [0.25, 0.3) is 0 Å². The molecule has 4 atom stereocenters. The van der Waals surface area contributed by atoms with E-state index in [1.165, 1.54) is 21.0 Å². The van der Waals surface area contributed by atoms with Crippen LogP contribution in [0.2, 0.25) is 0 Å². The molecule has 4 saturated heterocycles. The summed E-state index contributed by atoms with van der Waals surface area (Å²) in [5.74, 6) is -2.14. The maximum Gasteiger partial charge on any atom is 0.506 e. The van der Waals surface area contributed by atoms with Gasteiger partial charge in [0.1, 0.15) is 34.6 Å². The van der Waals surface area contributed by atoms with E-state index in [9.17, 15) is 14.4 Å². The number of hydrogen-bond acceptors (Lipinski definition) is 14. The summed E-state index contributed by atoms with van der Waals surface area (Å²) >= 11 is 0. The van der Waals surface area contributed by atoms with Crippen molar-refractivity contribution in [3.8, 4) is 0 Å². The summed E-state index contributed by atoms with van der Waals surface area (Å²) in [6, 6.07) is 0. The molecule has 5 aliphatic rings. The van der Waals surface area contributed by atoms with E-state index in [1.807, 2.05) is 55.4 Å². The Bertz CT molecular complexity index is 1160. The number of rotatable bonds is 7. The Morgan fingerprint density at radius 3 is 1.45 bits per heavy atom. The highest BCUT2D eigenvalue weighted by atomic mass is 31.2. The van der Waals surface area contributed by atoms with E-state index in [-0.39, 0.29) is 12.8 Å². The molecule has 250 valence electrons. The zero-order valence-corrected chi connectivity index (χ0v) is 29.5. The Balaban J connectivity index is 1.61. The molecule has 0 aromatic heterocycles. The number of ether oxygens (including phenoxy) is 3. The fourth-order valence-corrected chi connectivity index (χ4v) is 13.8. The van der Waals surface area contributed by atoms with Crippen LogP contribution >= 0.6 is 16.2 Å². The van der Waals surface area contributed by atoms with Gasteiger partial charge in [-0.05, 0) is 55.4 Å². The molecule has 4 heterocycles. The van der Waals surface area contributed by atoms with Gasteiger partial charge in [0, 0.05) is 26.7 Å². The summed E-state index contributed by atoms with van der Waals surface area (Å²) < 4.78 is 60.9. The van der Waals surface area contributed by atoms with Gasteiger partial charge in [0.15, 0.2) is 6.10 Å². The second-order valence-corrected chi connectivity index (χ2v) is 19.0. The average molecular weight is 667 g/mol. The van der Waals surface area contributed by atoms with Crippen LogP contribution in [0.1, 0.15) is 82.1 Å². The third kappa shape index (κ3) is 6.54. The molecule has 16 heteroatoms. The predicted octanol–water partition coefficient (Wildman–Crippen LogP) is 4.15. The van der Waals surface area contributed by atoms with E-state index in [4.69, 9.17) is 41.4 Å². The van der Waals surface area contributed by atoms with E-state index in [2.05, 4.69) is 9.34 Å². The van der Waals surface area contributed by atoms with Gasteiger partial charge >= 0.3 is 34.1 Å². The molecule has 0 bridgehead atoms. The van der Waals surface area contributed by atoms with Gasteiger partial charge in [0.25, 0.3) is 0 Å². The second-order valence-electron chi connectivity index (χ2n) is 14.8. The second kappa shape index (κ2) is 11.0. The van der Waals surface area contributed by atoms with Crippen molar-refractivity contribution < 1.29 is 55.7 Å². The van der Waals surface area contributed by atoms with Crippen molar-refractivity contribution >= 4 is 34.1 Å². The molecule has 0 aromatic carbocycles. The van der Waals surface area contributed by atoms with Crippen molar-refractivity contribution in [2.75, 3.05) is 33.3 Å². The number of hydrogen-bond donors (Lipinski definition) is 0. The fourth-order valence-electron chi connectivity index (χ4n) is 6.91. The molecule has 5 rings (SSSR count). The van der Waals surface area contributed by atoms with Crippen molar-refractivity contribution in [3.63, 3.8) is 0 Å². The van der Waals surface area contributed by atoms with E-state index in [0.717, 1.165) is 0 Å². The molecule has 1 saturated carbocycles. The molecular weight excluding hydrogens is 618 g/mol. The highest BCUT2D eigenvalue weighted by molar-refractivity contribution is 7.60. The minimum Gasteiger partial charge on any atom is -0.466 e.